The van der Waals surface area contributed by atoms with Gasteiger partial charge in [0, 0.05) is 17.5 Å². The Kier molecular flexibility index (Phi) is 7.90. The van der Waals surface area contributed by atoms with Crippen LogP contribution in [0.4, 0.5) is 0 Å². The molecule has 10 heteroatoms. The molecular weight excluding hydrogens is 418 g/mol. The molecule has 1 aromatic carbocycles. The summed E-state index contributed by atoms with van der Waals surface area (Å²) in [6.45, 7) is 1.96. The first-order valence-electron chi connectivity index (χ1n) is 8.53. The molecule has 0 spiro atoms. The van der Waals surface area contributed by atoms with E-state index in [1.165, 1.54) is 24.9 Å². The van der Waals surface area contributed by atoms with Crippen molar-refractivity contribution in [1.29, 1.82) is 0 Å². The van der Waals surface area contributed by atoms with Crippen molar-refractivity contribution in [3.05, 3.63) is 47.9 Å². The van der Waals surface area contributed by atoms with Crippen LogP contribution in [0.3, 0.4) is 0 Å². The van der Waals surface area contributed by atoms with Crippen LogP contribution in [0.2, 0.25) is 0 Å². The van der Waals surface area contributed by atoms with E-state index in [0.29, 0.717) is 16.9 Å². The molecule has 0 aliphatic rings. The summed E-state index contributed by atoms with van der Waals surface area (Å²) in [4.78, 5) is 13.1. The Balaban J connectivity index is 2.20. The zero-order valence-electron chi connectivity index (χ0n) is 15.8. The van der Waals surface area contributed by atoms with Crippen molar-refractivity contribution in [2.24, 2.45) is 0 Å². The molecule has 28 heavy (non-hydrogen) atoms. The summed E-state index contributed by atoms with van der Waals surface area (Å²) in [5.41, 5.74) is 1.48. The van der Waals surface area contributed by atoms with Crippen molar-refractivity contribution in [1.82, 2.24) is 15.4 Å². The van der Waals surface area contributed by atoms with Gasteiger partial charge in [0.15, 0.2) is 5.11 Å². The number of benzene rings is 1. The molecule has 152 valence electrons. The van der Waals surface area contributed by atoms with Gasteiger partial charge in [0.05, 0.1) is 25.0 Å². The molecule has 2 rings (SSSR count). The Morgan fingerprint density at radius 1 is 1.32 bits per heavy atom. The molecule has 1 amide bonds. The number of furan rings is 1. The maximum atomic E-state index is 12.6. The average Bonchev–Trinajstić information content (AvgIpc) is 3.20. The second-order valence-electron chi connectivity index (χ2n) is 5.93. The van der Waals surface area contributed by atoms with Gasteiger partial charge in [-0.15, -0.1) is 11.8 Å². The number of thioether (sulfide) groups is 1. The summed E-state index contributed by atoms with van der Waals surface area (Å²) in [5.74, 6) is -0.202. The SMILES string of the molecule is CCC(NC(=O)Cc1ccc(SC)c(S(=O)(=O)NC(=S)NC)c1)c1ccoc1. The zero-order valence-corrected chi connectivity index (χ0v) is 18.3. The number of carbonyl (C=O) groups is 1. The molecular formula is C18H23N3O4S3. The molecule has 0 saturated carbocycles. The molecule has 1 aromatic heterocycles. The highest BCUT2D eigenvalue weighted by atomic mass is 32.2. The third-order valence-corrected chi connectivity index (χ3v) is 6.78. The average molecular weight is 442 g/mol. The minimum atomic E-state index is -3.85. The lowest BCUT2D eigenvalue weighted by Crippen LogP contribution is -2.37. The van der Waals surface area contributed by atoms with Gasteiger partial charge in [-0.3, -0.25) is 9.52 Å². The van der Waals surface area contributed by atoms with E-state index in [1.54, 1.807) is 30.9 Å². The van der Waals surface area contributed by atoms with Gasteiger partial charge >= 0.3 is 0 Å². The second-order valence-corrected chi connectivity index (χ2v) is 8.84. The van der Waals surface area contributed by atoms with E-state index in [-0.39, 0.29) is 28.4 Å². The highest BCUT2D eigenvalue weighted by molar-refractivity contribution is 7.99. The van der Waals surface area contributed by atoms with Crippen molar-refractivity contribution in [3.8, 4) is 0 Å². The number of sulfonamides is 1. The lowest BCUT2D eigenvalue weighted by Gasteiger charge is -2.16. The highest BCUT2D eigenvalue weighted by Crippen LogP contribution is 2.26. The Morgan fingerprint density at radius 2 is 2.07 bits per heavy atom. The maximum Gasteiger partial charge on any atom is 0.264 e. The van der Waals surface area contributed by atoms with Crippen LogP contribution in [-0.2, 0) is 21.2 Å². The number of hydrogen-bond acceptors (Lipinski definition) is 6. The van der Waals surface area contributed by atoms with Gasteiger partial charge in [-0.1, -0.05) is 13.0 Å². The van der Waals surface area contributed by atoms with E-state index in [1.807, 2.05) is 13.0 Å². The van der Waals surface area contributed by atoms with Crippen LogP contribution >= 0.6 is 24.0 Å². The Hall–Kier alpha value is -2.04. The Morgan fingerprint density at radius 3 is 2.64 bits per heavy atom. The van der Waals surface area contributed by atoms with E-state index in [0.717, 1.165) is 5.56 Å². The van der Waals surface area contributed by atoms with Crippen molar-refractivity contribution in [2.75, 3.05) is 13.3 Å². The molecule has 0 aliphatic heterocycles. The molecule has 0 aliphatic carbocycles. The van der Waals surface area contributed by atoms with Crippen LogP contribution in [0.15, 0.2) is 51.0 Å². The van der Waals surface area contributed by atoms with Gasteiger partial charge in [0.25, 0.3) is 10.0 Å². The van der Waals surface area contributed by atoms with Gasteiger partial charge in [-0.05, 0) is 48.7 Å². The minimum Gasteiger partial charge on any atom is -0.472 e. The van der Waals surface area contributed by atoms with E-state index >= 15 is 0 Å². The smallest absolute Gasteiger partial charge is 0.264 e. The third-order valence-electron chi connectivity index (χ3n) is 4.03. The van der Waals surface area contributed by atoms with E-state index in [4.69, 9.17) is 16.6 Å². The van der Waals surface area contributed by atoms with Crippen molar-refractivity contribution >= 4 is 45.0 Å². The van der Waals surface area contributed by atoms with Crippen molar-refractivity contribution in [3.63, 3.8) is 0 Å². The molecule has 1 heterocycles. The van der Waals surface area contributed by atoms with Crippen molar-refractivity contribution < 1.29 is 17.6 Å². The maximum absolute atomic E-state index is 12.6. The van der Waals surface area contributed by atoms with Crippen LogP contribution in [0.25, 0.3) is 0 Å². The van der Waals surface area contributed by atoms with Gasteiger partial charge in [-0.2, -0.15) is 0 Å². The molecule has 7 nitrogen and oxygen atoms in total. The predicted molar refractivity (Wildman–Crippen MR) is 114 cm³/mol. The monoisotopic (exact) mass is 441 g/mol. The number of thiocarbonyl (C=S) groups is 1. The van der Waals surface area contributed by atoms with Crippen LogP contribution in [-0.4, -0.2) is 32.7 Å². The molecule has 2 aromatic rings. The quantitative estimate of drug-likeness (QED) is 0.428. The summed E-state index contributed by atoms with van der Waals surface area (Å²) in [6, 6.07) is 6.60. The topological polar surface area (TPSA) is 100 Å². The first-order chi connectivity index (χ1) is 13.3. The third kappa shape index (κ3) is 5.73. The fourth-order valence-corrected chi connectivity index (χ4v) is 5.06. The summed E-state index contributed by atoms with van der Waals surface area (Å²) in [6.07, 6.45) is 5.71. The molecule has 0 bridgehead atoms. The molecule has 1 unspecified atom stereocenters. The first-order valence-corrected chi connectivity index (χ1v) is 11.6. The van der Waals surface area contributed by atoms with Crippen molar-refractivity contribution in [2.45, 2.75) is 35.6 Å². The van der Waals surface area contributed by atoms with Gasteiger partial charge in [-0.25, -0.2) is 8.42 Å². The highest BCUT2D eigenvalue weighted by Gasteiger charge is 2.21. The Bertz CT molecular complexity index is 928. The van der Waals surface area contributed by atoms with Gasteiger partial charge in [0.2, 0.25) is 5.91 Å². The molecule has 3 N–H and O–H groups in total. The summed E-state index contributed by atoms with van der Waals surface area (Å²) in [5, 5.41) is 5.53. The number of nitrogens with one attached hydrogen (secondary N) is 3. The largest absolute Gasteiger partial charge is 0.472 e. The van der Waals surface area contributed by atoms with Gasteiger partial charge in [0.1, 0.15) is 4.90 Å². The molecule has 0 radical (unpaired) electrons. The van der Waals surface area contributed by atoms with Crippen LogP contribution < -0.4 is 15.4 Å². The molecule has 1 atom stereocenters. The lowest BCUT2D eigenvalue weighted by atomic mass is 10.1. The first kappa shape index (κ1) is 22.3. The van der Waals surface area contributed by atoms with Crippen LogP contribution in [0, 0.1) is 0 Å². The summed E-state index contributed by atoms with van der Waals surface area (Å²) < 4.78 is 32.7. The zero-order chi connectivity index (χ0) is 20.7. The summed E-state index contributed by atoms with van der Waals surface area (Å²) >= 11 is 6.21. The lowest BCUT2D eigenvalue weighted by molar-refractivity contribution is -0.121. The minimum absolute atomic E-state index is 0.00102. The van der Waals surface area contributed by atoms with E-state index in [2.05, 4.69) is 15.4 Å². The summed E-state index contributed by atoms with van der Waals surface area (Å²) in [7, 11) is -2.32. The van der Waals surface area contributed by atoms with Gasteiger partial charge < -0.3 is 15.1 Å². The Labute approximate surface area is 174 Å². The van der Waals surface area contributed by atoms with E-state index in [9.17, 15) is 13.2 Å². The van der Waals surface area contributed by atoms with Crippen LogP contribution in [0.1, 0.15) is 30.5 Å². The fourth-order valence-electron chi connectivity index (χ4n) is 2.59. The molecule has 0 fully saturated rings. The number of rotatable bonds is 8. The normalized spacial score (nSPS) is 12.2. The number of hydrogen-bond donors (Lipinski definition) is 3. The standard InChI is InChI=1S/C18H23N3O4S3/c1-4-14(13-7-8-25-11-13)20-17(22)10-12-5-6-15(27-3)16(9-12)28(23,24)21-18(26)19-2/h5-9,11,14H,4,10H2,1-3H3,(H,20,22)(H2,19,21,26). The van der Waals surface area contributed by atoms with E-state index < -0.39 is 10.0 Å². The second kappa shape index (κ2) is 9.94. The molecule has 0 saturated heterocycles. The number of amides is 1. The predicted octanol–water partition coefficient (Wildman–Crippen LogP) is 2.59. The number of carbonyl (C=O) groups excluding carboxylic acids is 1. The fraction of sp³-hybridized carbons (Fsp3) is 0.333. The van der Waals surface area contributed by atoms with Crippen LogP contribution in [0.5, 0.6) is 0 Å².